The number of nitrogens with one attached hydrogen (secondary N) is 1. The maximum absolute atomic E-state index is 13.2. The van der Waals surface area contributed by atoms with Crippen LogP contribution in [0.15, 0.2) is 35.1 Å². The molecule has 0 atom stereocenters. The van der Waals surface area contributed by atoms with Crippen LogP contribution in [0.3, 0.4) is 0 Å². The smallest absolute Gasteiger partial charge is 0.273 e. The van der Waals surface area contributed by atoms with Crippen LogP contribution in [0, 0.1) is 5.82 Å². The van der Waals surface area contributed by atoms with E-state index in [0.717, 1.165) is 4.68 Å². The molecule has 0 radical (unpaired) electrons. The van der Waals surface area contributed by atoms with Crippen molar-refractivity contribution in [1.29, 1.82) is 0 Å². The number of nitrogen functional groups attached to an aromatic ring is 1. The summed E-state index contributed by atoms with van der Waals surface area (Å²) >= 11 is 0. The largest absolute Gasteiger partial charge is 0.384 e. The molecule has 14 heavy (non-hydrogen) atoms. The van der Waals surface area contributed by atoms with Crippen LogP contribution in [0.5, 0.6) is 0 Å². The molecule has 1 heterocycles. The van der Waals surface area contributed by atoms with Crippen molar-refractivity contribution < 1.29 is 4.39 Å². The Morgan fingerprint density at radius 3 is 2.64 bits per heavy atom. The molecule has 72 valence electrons. The van der Waals surface area contributed by atoms with Gasteiger partial charge in [-0.05, 0) is 12.1 Å². The third-order valence-corrected chi connectivity index (χ3v) is 1.83. The summed E-state index contributed by atoms with van der Waals surface area (Å²) in [4.78, 5) is 11.3. The Labute approximate surface area is 78.8 Å². The molecule has 2 rings (SSSR count). The fraction of sp³-hybridized carbons (Fsp3) is 0. The van der Waals surface area contributed by atoms with Gasteiger partial charge in [0, 0.05) is 6.07 Å². The van der Waals surface area contributed by atoms with Crippen LogP contribution >= 0.6 is 0 Å². The Bertz CT molecular complexity index is 515. The van der Waals surface area contributed by atoms with Gasteiger partial charge in [0.15, 0.2) is 0 Å². The summed E-state index contributed by atoms with van der Waals surface area (Å²) in [5.74, 6) is -0.269. The molecule has 2 aromatic rings. The number of hydrogen-bond acceptors (Lipinski definition) is 2. The Morgan fingerprint density at radius 1 is 1.36 bits per heavy atom. The zero-order valence-corrected chi connectivity index (χ0v) is 7.20. The number of H-pyrrole nitrogens is 1. The first kappa shape index (κ1) is 8.55. The van der Waals surface area contributed by atoms with Gasteiger partial charge < -0.3 is 5.73 Å². The topological polar surface area (TPSA) is 63.8 Å². The highest BCUT2D eigenvalue weighted by molar-refractivity contribution is 5.35. The minimum absolute atomic E-state index is 0.161. The van der Waals surface area contributed by atoms with E-state index in [0.29, 0.717) is 0 Å². The highest BCUT2D eigenvalue weighted by atomic mass is 19.1. The lowest BCUT2D eigenvalue weighted by Gasteiger charge is -2.01. The second kappa shape index (κ2) is 3.02. The number of hydrogen-bond donors (Lipinski definition) is 2. The van der Waals surface area contributed by atoms with Crippen molar-refractivity contribution in [1.82, 2.24) is 9.78 Å². The van der Waals surface area contributed by atoms with Crippen LogP contribution in [0.25, 0.3) is 5.69 Å². The molecule has 0 spiro atoms. The number of benzene rings is 1. The van der Waals surface area contributed by atoms with Crippen LogP contribution in [-0.4, -0.2) is 9.78 Å². The molecule has 0 bridgehead atoms. The van der Waals surface area contributed by atoms with E-state index in [2.05, 4.69) is 5.10 Å². The highest BCUT2D eigenvalue weighted by Gasteiger charge is 2.06. The van der Waals surface area contributed by atoms with Crippen LogP contribution in [0.1, 0.15) is 0 Å². The number of halogens is 1. The lowest BCUT2D eigenvalue weighted by molar-refractivity contribution is 0.609. The highest BCUT2D eigenvalue weighted by Crippen LogP contribution is 2.09. The second-order valence-corrected chi connectivity index (χ2v) is 2.84. The summed E-state index contributed by atoms with van der Waals surface area (Å²) < 4.78 is 14.3. The number of aromatic amines is 1. The molecule has 0 saturated carbocycles. The average molecular weight is 193 g/mol. The molecular formula is C9H8FN3O. The van der Waals surface area contributed by atoms with Crippen LogP contribution in [0.4, 0.5) is 10.2 Å². The van der Waals surface area contributed by atoms with E-state index in [9.17, 15) is 9.18 Å². The molecular weight excluding hydrogens is 185 g/mol. The summed E-state index contributed by atoms with van der Waals surface area (Å²) in [7, 11) is 0. The average Bonchev–Trinajstić information content (AvgIpc) is 2.46. The standard InChI is InChI=1S/C9H8FN3O/c10-6-3-1-2-4-7(6)13-9(14)5-8(11)12-13/h1-5,12H,11H2. The first-order chi connectivity index (χ1) is 6.68. The Hall–Kier alpha value is -2.04. The van der Waals surface area contributed by atoms with Gasteiger partial charge in [-0.1, -0.05) is 12.1 Å². The van der Waals surface area contributed by atoms with Crippen molar-refractivity contribution in [3.8, 4) is 5.69 Å². The van der Waals surface area contributed by atoms with Crippen LogP contribution in [0.2, 0.25) is 0 Å². The number of nitrogens with two attached hydrogens (primary N) is 1. The van der Waals surface area contributed by atoms with Gasteiger partial charge in [-0.15, -0.1) is 0 Å². The summed E-state index contributed by atoms with van der Waals surface area (Å²) in [6, 6.07) is 7.16. The van der Waals surface area contributed by atoms with E-state index in [-0.39, 0.29) is 17.1 Å². The molecule has 0 unspecified atom stereocenters. The predicted octanol–water partition coefficient (Wildman–Crippen LogP) is 0.887. The fourth-order valence-corrected chi connectivity index (χ4v) is 1.23. The van der Waals surface area contributed by atoms with E-state index in [1.165, 1.54) is 18.2 Å². The van der Waals surface area contributed by atoms with E-state index in [1.54, 1.807) is 12.1 Å². The maximum Gasteiger partial charge on any atom is 0.273 e. The van der Waals surface area contributed by atoms with Gasteiger partial charge in [0.05, 0.1) is 0 Å². The maximum atomic E-state index is 13.2. The van der Waals surface area contributed by atoms with Gasteiger partial charge in [0.25, 0.3) is 5.56 Å². The van der Waals surface area contributed by atoms with Crippen molar-refractivity contribution in [3.05, 3.63) is 46.5 Å². The van der Waals surface area contributed by atoms with Crippen molar-refractivity contribution in [2.24, 2.45) is 0 Å². The van der Waals surface area contributed by atoms with Crippen molar-refractivity contribution in [2.75, 3.05) is 5.73 Å². The van der Waals surface area contributed by atoms with Gasteiger partial charge in [-0.3, -0.25) is 9.89 Å². The number of para-hydroxylation sites is 1. The van der Waals surface area contributed by atoms with E-state index in [1.807, 2.05) is 0 Å². The monoisotopic (exact) mass is 193 g/mol. The summed E-state index contributed by atoms with van der Waals surface area (Å²) in [5.41, 5.74) is 5.15. The number of aromatic nitrogens is 2. The van der Waals surface area contributed by atoms with E-state index >= 15 is 0 Å². The van der Waals surface area contributed by atoms with Crippen molar-refractivity contribution >= 4 is 5.82 Å². The Balaban J connectivity index is 2.66. The zero-order chi connectivity index (χ0) is 10.1. The molecule has 1 aromatic carbocycles. The zero-order valence-electron chi connectivity index (χ0n) is 7.20. The number of anilines is 1. The first-order valence-corrected chi connectivity index (χ1v) is 4.01. The molecule has 5 heteroatoms. The number of rotatable bonds is 1. The summed E-state index contributed by atoms with van der Waals surface area (Å²) in [6.07, 6.45) is 0. The van der Waals surface area contributed by atoms with Crippen LogP contribution < -0.4 is 11.3 Å². The number of nitrogens with zero attached hydrogens (tertiary/aromatic N) is 1. The second-order valence-electron chi connectivity index (χ2n) is 2.84. The Morgan fingerprint density at radius 2 is 2.07 bits per heavy atom. The van der Waals surface area contributed by atoms with Gasteiger partial charge in [0.2, 0.25) is 0 Å². The molecule has 0 saturated heterocycles. The van der Waals surface area contributed by atoms with E-state index < -0.39 is 5.82 Å². The molecule has 0 aliphatic carbocycles. The third-order valence-electron chi connectivity index (χ3n) is 1.83. The molecule has 3 N–H and O–H groups in total. The molecule has 0 amide bonds. The molecule has 0 fully saturated rings. The van der Waals surface area contributed by atoms with Gasteiger partial charge in [-0.2, -0.15) is 0 Å². The lowest BCUT2D eigenvalue weighted by atomic mass is 10.3. The van der Waals surface area contributed by atoms with Gasteiger partial charge >= 0.3 is 0 Å². The van der Waals surface area contributed by atoms with Crippen molar-refractivity contribution in [2.45, 2.75) is 0 Å². The van der Waals surface area contributed by atoms with Gasteiger partial charge in [0.1, 0.15) is 17.3 Å². The van der Waals surface area contributed by atoms with Crippen molar-refractivity contribution in [3.63, 3.8) is 0 Å². The van der Waals surface area contributed by atoms with Gasteiger partial charge in [-0.25, -0.2) is 9.07 Å². The predicted molar refractivity (Wildman–Crippen MR) is 50.8 cm³/mol. The minimum Gasteiger partial charge on any atom is -0.384 e. The molecule has 0 aliphatic heterocycles. The molecule has 4 nitrogen and oxygen atoms in total. The molecule has 0 aliphatic rings. The lowest BCUT2D eigenvalue weighted by Crippen LogP contribution is -2.14. The minimum atomic E-state index is -0.476. The SMILES string of the molecule is Nc1cc(=O)n(-c2ccccc2F)[nH]1. The fourth-order valence-electron chi connectivity index (χ4n) is 1.23. The third kappa shape index (κ3) is 1.28. The summed E-state index contributed by atoms with van der Waals surface area (Å²) in [5, 5.41) is 2.54. The van der Waals surface area contributed by atoms with Crippen LogP contribution in [-0.2, 0) is 0 Å². The normalized spacial score (nSPS) is 10.4. The van der Waals surface area contributed by atoms with E-state index in [4.69, 9.17) is 5.73 Å². The quantitative estimate of drug-likeness (QED) is 0.706. The Kier molecular flexibility index (Phi) is 1.85. The molecule has 1 aromatic heterocycles. The summed E-state index contributed by atoms with van der Waals surface area (Å²) in [6.45, 7) is 0. The first-order valence-electron chi connectivity index (χ1n) is 4.01.